The van der Waals surface area contributed by atoms with Gasteiger partial charge in [-0.25, -0.2) is 0 Å². The molecule has 0 spiro atoms. The Hall–Kier alpha value is -3.16. The Morgan fingerprint density at radius 2 is 2.27 bits per heavy atom. The molecule has 2 N–H and O–H groups in total. The Bertz CT molecular complexity index is 883. The highest BCUT2D eigenvalue weighted by Gasteiger charge is 2.11. The van der Waals surface area contributed by atoms with Crippen molar-refractivity contribution in [3.63, 3.8) is 0 Å². The number of hydrogen-bond donors (Lipinski definition) is 2. The largest absolute Gasteiger partial charge is 0.491 e. The molecule has 0 atom stereocenters. The Morgan fingerprint density at radius 3 is 3.05 bits per heavy atom. The third-order valence-corrected chi connectivity index (χ3v) is 3.13. The molecule has 1 amide bonds. The molecule has 0 saturated heterocycles. The molecule has 0 saturated carbocycles. The highest BCUT2D eigenvalue weighted by atomic mass is 16.5. The second-order valence-corrected chi connectivity index (χ2v) is 4.51. The summed E-state index contributed by atoms with van der Waals surface area (Å²) in [6.07, 6.45) is 3.16. The average Bonchev–Trinajstić information content (AvgIpc) is 2.95. The lowest BCUT2D eigenvalue weighted by Gasteiger charge is -2.05. The van der Waals surface area contributed by atoms with Gasteiger partial charge in [0.15, 0.2) is 17.2 Å². The van der Waals surface area contributed by atoms with Crippen molar-refractivity contribution in [1.29, 1.82) is 0 Å². The van der Waals surface area contributed by atoms with Gasteiger partial charge in [0.2, 0.25) is 5.43 Å². The first kappa shape index (κ1) is 13.8. The molecule has 22 heavy (non-hydrogen) atoms. The Balaban J connectivity index is 1.75. The first-order chi connectivity index (χ1) is 10.7. The number of hydrogen-bond acceptors (Lipinski definition) is 5. The Labute approximate surface area is 124 Å². The standard InChI is InChI=1S/C14H13N5O3/c1-22-11-7-15-9(6-10(11)20)14(21)16-8-13-18-17-12-4-2-3-5-19(12)13/h2-7H,8H2,1H3,(H,15,20)(H,16,21). The van der Waals surface area contributed by atoms with Gasteiger partial charge >= 0.3 is 0 Å². The normalized spacial score (nSPS) is 10.6. The molecule has 0 radical (unpaired) electrons. The van der Waals surface area contributed by atoms with E-state index < -0.39 is 5.91 Å². The van der Waals surface area contributed by atoms with Crippen molar-refractivity contribution in [2.24, 2.45) is 0 Å². The predicted molar refractivity (Wildman–Crippen MR) is 77.8 cm³/mol. The smallest absolute Gasteiger partial charge is 0.268 e. The summed E-state index contributed by atoms with van der Waals surface area (Å²) in [5, 5.41) is 10.7. The Morgan fingerprint density at radius 1 is 1.41 bits per heavy atom. The van der Waals surface area contributed by atoms with Gasteiger partial charge in [-0.15, -0.1) is 10.2 Å². The number of nitrogens with zero attached hydrogens (tertiary/aromatic N) is 3. The summed E-state index contributed by atoms with van der Waals surface area (Å²) in [6.45, 7) is 0.193. The van der Waals surface area contributed by atoms with Crippen molar-refractivity contribution >= 4 is 11.6 Å². The van der Waals surface area contributed by atoms with Crippen LogP contribution in [-0.4, -0.2) is 32.6 Å². The van der Waals surface area contributed by atoms with Crippen LogP contribution in [0, 0.1) is 0 Å². The van der Waals surface area contributed by atoms with Gasteiger partial charge in [-0.2, -0.15) is 0 Å². The lowest BCUT2D eigenvalue weighted by Crippen LogP contribution is -2.26. The molecular formula is C14H13N5O3. The maximum absolute atomic E-state index is 12.0. The summed E-state index contributed by atoms with van der Waals surface area (Å²) in [6, 6.07) is 6.71. The molecule has 8 heteroatoms. The van der Waals surface area contributed by atoms with E-state index in [4.69, 9.17) is 4.74 Å². The molecular weight excluding hydrogens is 286 g/mol. The predicted octanol–water partition coefficient (Wildman–Crippen LogP) is 0.356. The van der Waals surface area contributed by atoms with Crippen molar-refractivity contribution < 1.29 is 9.53 Å². The van der Waals surface area contributed by atoms with Crippen LogP contribution in [0.2, 0.25) is 0 Å². The van der Waals surface area contributed by atoms with Gasteiger partial charge in [0.1, 0.15) is 5.69 Å². The fraction of sp³-hybridized carbons (Fsp3) is 0.143. The zero-order valence-corrected chi connectivity index (χ0v) is 11.7. The fourth-order valence-electron chi connectivity index (χ4n) is 2.01. The summed E-state index contributed by atoms with van der Waals surface area (Å²) in [5.74, 6) is 0.340. The van der Waals surface area contributed by atoms with E-state index >= 15 is 0 Å². The van der Waals surface area contributed by atoms with E-state index in [2.05, 4.69) is 20.5 Å². The number of carbonyl (C=O) groups excluding carboxylic acids is 1. The van der Waals surface area contributed by atoms with Crippen molar-refractivity contribution in [3.05, 3.63) is 58.4 Å². The number of H-pyrrole nitrogens is 1. The summed E-state index contributed by atoms with van der Waals surface area (Å²) in [4.78, 5) is 26.4. The first-order valence-electron chi connectivity index (χ1n) is 6.52. The lowest BCUT2D eigenvalue weighted by molar-refractivity contribution is 0.0944. The number of methoxy groups -OCH3 is 1. The SMILES string of the molecule is COc1c[nH]c(C(=O)NCc2nnc3ccccn23)cc1=O. The highest BCUT2D eigenvalue weighted by molar-refractivity contribution is 5.92. The van der Waals surface area contributed by atoms with Crippen LogP contribution in [0.4, 0.5) is 0 Å². The van der Waals surface area contributed by atoms with Gasteiger partial charge < -0.3 is 15.0 Å². The number of aromatic nitrogens is 4. The first-order valence-corrected chi connectivity index (χ1v) is 6.52. The molecule has 3 rings (SSSR count). The zero-order chi connectivity index (χ0) is 15.5. The van der Waals surface area contributed by atoms with Crippen LogP contribution in [0.5, 0.6) is 5.75 Å². The molecule has 0 unspecified atom stereocenters. The van der Waals surface area contributed by atoms with Crippen LogP contribution in [0.15, 0.2) is 41.5 Å². The van der Waals surface area contributed by atoms with Crippen LogP contribution in [0.3, 0.4) is 0 Å². The van der Waals surface area contributed by atoms with Gasteiger partial charge in [0.25, 0.3) is 5.91 Å². The molecule has 0 bridgehead atoms. The van der Waals surface area contributed by atoms with E-state index in [0.29, 0.717) is 11.5 Å². The fourth-order valence-corrected chi connectivity index (χ4v) is 2.01. The molecule has 3 heterocycles. The number of aromatic amines is 1. The van der Waals surface area contributed by atoms with Gasteiger partial charge in [-0.1, -0.05) is 6.07 Å². The number of amides is 1. The molecule has 8 nitrogen and oxygen atoms in total. The number of nitrogens with one attached hydrogen (secondary N) is 2. The molecule has 0 aliphatic heterocycles. The monoisotopic (exact) mass is 299 g/mol. The van der Waals surface area contributed by atoms with E-state index in [1.54, 1.807) is 4.40 Å². The van der Waals surface area contributed by atoms with Crippen molar-refractivity contribution in [2.45, 2.75) is 6.54 Å². The molecule has 0 aromatic carbocycles. The Kier molecular flexibility index (Phi) is 3.57. The zero-order valence-electron chi connectivity index (χ0n) is 11.7. The number of pyridine rings is 2. The molecule has 3 aromatic heterocycles. The van der Waals surface area contributed by atoms with Gasteiger partial charge in [-0.05, 0) is 12.1 Å². The molecule has 0 fully saturated rings. The second kappa shape index (κ2) is 5.68. The van der Waals surface area contributed by atoms with Gasteiger partial charge in [0, 0.05) is 18.5 Å². The summed E-state index contributed by atoms with van der Waals surface area (Å²) in [5.41, 5.74) is 0.489. The van der Waals surface area contributed by atoms with Crippen molar-refractivity contribution in [3.8, 4) is 5.75 Å². The highest BCUT2D eigenvalue weighted by Crippen LogP contribution is 2.04. The molecule has 112 valence electrons. The van der Waals surface area contributed by atoms with E-state index in [9.17, 15) is 9.59 Å². The van der Waals surface area contributed by atoms with Crippen LogP contribution in [-0.2, 0) is 6.54 Å². The van der Waals surface area contributed by atoms with Gasteiger partial charge in [-0.3, -0.25) is 14.0 Å². The molecule has 0 aliphatic rings. The average molecular weight is 299 g/mol. The number of rotatable bonds is 4. The molecule has 0 aliphatic carbocycles. The minimum atomic E-state index is -0.410. The maximum atomic E-state index is 12.0. The summed E-state index contributed by atoms with van der Waals surface area (Å²) < 4.78 is 6.62. The minimum absolute atomic E-state index is 0.152. The minimum Gasteiger partial charge on any atom is -0.491 e. The topological polar surface area (TPSA) is 101 Å². The van der Waals surface area contributed by atoms with E-state index in [1.165, 1.54) is 19.4 Å². The number of ether oxygens (including phenoxy) is 1. The molecule has 3 aromatic rings. The second-order valence-electron chi connectivity index (χ2n) is 4.51. The third-order valence-electron chi connectivity index (χ3n) is 3.13. The van der Waals surface area contributed by atoms with Crippen LogP contribution in [0.1, 0.15) is 16.3 Å². The quantitative estimate of drug-likeness (QED) is 0.724. The van der Waals surface area contributed by atoms with Crippen LogP contribution < -0.4 is 15.5 Å². The third kappa shape index (κ3) is 2.53. The van der Waals surface area contributed by atoms with Crippen LogP contribution >= 0.6 is 0 Å². The van der Waals surface area contributed by atoms with E-state index in [-0.39, 0.29) is 23.4 Å². The van der Waals surface area contributed by atoms with Crippen LogP contribution in [0.25, 0.3) is 5.65 Å². The summed E-state index contributed by atoms with van der Waals surface area (Å²) in [7, 11) is 1.39. The lowest BCUT2D eigenvalue weighted by atomic mass is 10.3. The summed E-state index contributed by atoms with van der Waals surface area (Å²) >= 11 is 0. The van der Waals surface area contributed by atoms with Crippen molar-refractivity contribution in [2.75, 3.05) is 7.11 Å². The van der Waals surface area contributed by atoms with E-state index in [1.807, 2.05) is 24.4 Å². The van der Waals surface area contributed by atoms with Crippen molar-refractivity contribution in [1.82, 2.24) is 24.9 Å². The van der Waals surface area contributed by atoms with Gasteiger partial charge in [0.05, 0.1) is 13.7 Å². The van der Waals surface area contributed by atoms with E-state index in [0.717, 1.165) is 0 Å². The number of fused-ring (bicyclic) bond motifs is 1. The maximum Gasteiger partial charge on any atom is 0.268 e. The number of carbonyl (C=O) groups is 1.